The van der Waals surface area contributed by atoms with E-state index in [2.05, 4.69) is 20.7 Å². The number of nitrogen functional groups attached to an aromatic ring is 1. The molecular weight excluding hydrogens is 418 g/mol. The molecular formula is C24H21N7O2. The molecule has 0 spiro atoms. The highest BCUT2D eigenvalue weighted by Crippen LogP contribution is 2.23. The average Bonchev–Trinajstić information content (AvgIpc) is 3.33. The Labute approximate surface area is 189 Å². The van der Waals surface area contributed by atoms with Crippen molar-refractivity contribution in [1.29, 1.82) is 0 Å². The van der Waals surface area contributed by atoms with E-state index in [1.807, 2.05) is 47.5 Å². The number of carbonyl (C=O) groups excluding carboxylic acids is 1. The molecule has 2 aromatic carbocycles. The van der Waals surface area contributed by atoms with Crippen LogP contribution >= 0.6 is 0 Å². The van der Waals surface area contributed by atoms with Gasteiger partial charge >= 0.3 is 0 Å². The molecule has 2 aromatic heterocycles. The fourth-order valence-corrected chi connectivity index (χ4v) is 3.38. The Kier molecular flexibility index (Phi) is 5.34. The van der Waals surface area contributed by atoms with Crippen molar-refractivity contribution in [1.82, 2.24) is 14.6 Å². The predicted octanol–water partition coefficient (Wildman–Crippen LogP) is 3.95. The van der Waals surface area contributed by atoms with E-state index in [-0.39, 0.29) is 5.91 Å². The van der Waals surface area contributed by atoms with Crippen LogP contribution in [0.4, 0.5) is 23.1 Å². The van der Waals surface area contributed by atoms with Crippen LogP contribution in [-0.4, -0.2) is 20.5 Å². The van der Waals surface area contributed by atoms with Crippen molar-refractivity contribution in [2.24, 2.45) is 0 Å². The third-order valence-electron chi connectivity index (χ3n) is 5.09. The van der Waals surface area contributed by atoms with Gasteiger partial charge in [-0.05, 0) is 42.0 Å². The number of nitrogens with two attached hydrogens (primary N) is 1. The summed E-state index contributed by atoms with van der Waals surface area (Å²) in [6.45, 7) is 0.495. The number of fused-ring (bicyclic) bond motifs is 1. The van der Waals surface area contributed by atoms with Crippen LogP contribution in [0.1, 0.15) is 15.9 Å². The lowest BCUT2D eigenvalue weighted by Gasteiger charge is -2.18. The first-order valence-corrected chi connectivity index (χ1v) is 10.3. The molecule has 0 aliphatic carbocycles. The van der Waals surface area contributed by atoms with E-state index in [1.54, 1.807) is 53.7 Å². The lowest BCUT2D eigenvalue weighted by Crippen LogP contribution is -2.16. The number of benzene rings is 2. The number of rotatable bonds is 6. The highest BCUT2D eigenvalue weighted by Gasteiger charge is 2.13. The molecule has 0 saturated carbocycles. The summed E-state index contributed by atoms with van der Waals surface area (Å²) in [6, 6.07) is 18.3. The maximum atomic E-state index is 12.5. The van der Waals surface area contributed by atoms with Crippen molar-refractivity contribution in [2.45, 2.75) is 6.54 Å². The molecule has 4 aromatic rings. The summed E-state index contributed by atoms with van der Waals surface area (Å²) in [5.41, 5.74) is 9.40. The number of amides is 1. The van der Waals surface area contributed by atoms with Gasteiger partial charge in [-0.3, -0.25) is 4.79 Å². The number of nitrogens with zero attached hydrogens (tertiary/aromatic N) is 4. The number of nitrogens with one attached hydrogen (secondary N) is 2. The van der Waals surface area contributed by atoms with Crippen molar-refractivity contribution in [2.75, 3.05) is 21.3 Å². The minimum absolute atomic E-state index is 0.218. The summed E-state index contributed by atoms with van der Waals surface area (Å²) in [5.74, 6) is 0.980. The maximum absolute atomic E-state index is 12.5. The quantitative estimate of drug-likeness (QED) is 0.390. The Balaban J connectivity index is 1.28. The number of anilines is 4. The van der Waals surface area contributed by atoms with Crippen LogP contribution in [0, 0.1) is 0 Å². The van der Waals surface area contributed by atoms with Crippen LogP contribution in [0.2, 0.25) is 0 Å². The van der Waals surface area contributed by atoms with Gasteiger partial charge in [0.25, 0.3) is 5.91 Å². The Morgan fingerprint density at radius 3 is 2.58 bits per heavy atom. The molecule has 1 aliphatic heterocycles. The van der Waals surface area contributed by atoms with Gasteiger partial charge in [-0.25, -0.2) is 4.52 Å². The number of hydrogen-bond donors (Lipinski definition) is 3. The van der Waals surface area contributed by atoms with Gasteiger partial charge in [-0.1, -0.05) is 24.3 Å². The van der Waals surface area contributed by atoms with E-state index >= 15 is 0 Å². The van der Waals surface area contributed by atoms with Gasteiger partial charge < -0.3 is 26.0 Å². The largest absolute Gasteiger partial charge is 0.470 e. The standard InChI is InChI=1S/C24H21N7O2/c25-19-4-1-2-5-20(19)27-23(32)18-9-7-17(8-10-18)16-26-24-28-22(30-12-14-33-15-13-30)21-6-3-11-31(21)29-24/h1-15H,16,25H2,(H,26,29)(H,27,32). The molecule has 33 heavy (non-hydrogen) atoms. The molecule has 1 aliphatic rings. The van der Waals surface area contributed by atoms with Crippen molar-refractivity contribution in [3.8, 4) is 0 Å². The molecule has 0 unspecified atom stereocenters. The fraction of sp³-hybridized carbons (Fsp3) is 0.0417. The lowest BCUT2D eigenvalue weighted by atomic mass is 10.1. The third kappa shape index (κ3) is 4.33. The van der Waals surface area contributed by atoms with Crippen molar-refractivity contribution < 1.29 is 9.53 Å². The molecule has 0 atom stereocenters. The van der Waals surface area contributed by atoms with E-state index in [4.69, 9.17) is 10.5 Å². The SMILES string of the molecule is Nc1ccccc1NC(=O)c1ccc(CNc2nc(N3C=COC=C3)c3cccn3n2)cc1. The summed E-state index contributed by atoms with van der Waals surface area (Å²) in [5, 5.41) is 10.6. The smallest absolute Gasteiger partial charge is 0.255 e. The normalized spacial score (nSPS) is 12.5. The first-order valence-electron chi connectivity index (χ1n) is 10.3. The molecule has 1 amide bonds. The average molecular weight is 439 g/mol. The van der Waals surface area contributed by atoms with Crippen molar-refractivity contribution in [3.63, 3.8) is 0 Å². The minimum Gasteiger partial charge on any atom is -0.470 e. The third-order valence-corrected chi connectivity index (χ3v) is 5.09. The highest BCUT2D eigenvalue weighted by molar-refractivity contribution is 6.05. The zero-order chi connectivity index (χ0) is 22.6. The number of aromatic nitrogens is 3. The van der Waals surface area contributed by atoms with E-state index in [0.717, 1.165) is 16.9 Å². The van der Waals surface area contributed by atoms with E-state index < -0.39 is 0 Å². The first kappa shape index (κ1) is 20.1. The first-order chi connectivity index (χ1) is 16.2. The van der Waals surface area contributed by atoms with Gasteiger partial charge in [0.05, 0.1) is 11.4 Å². The molecule has 9 nitrogen and oxygen atoms in total. The summed E-state index contributed by atoms with van der Waals surface area (Å²) >= 11 is 0. The summed E-state index contributed by atoms with van der Waals surface area (Å²) < 4.78 is 6.88. The second-order valence-corrected chi connectivity index (χ2v) is 7.30. The van der Waals surface area contributed by atoms with Gasteiger partial charge in [-0.15, -0.1) is 5.10 Å². The zero-order valence-corrected chi connectivity index (χ0v) is 17.6. The Bertz CT molecular complexity index is 1350. The van der Waals surface area contributed by atoms with Gasteiger partial charge in [0.15, 0.2) is 5.82 Å². The maximum Gasteiger partial charge on any atom is 0.255 e. The van der Waals surface area contributed by atoms with Crippen LogP contribution in [0.25, 0.3) is 5.52 Å². The second-order valence-electron chi connectivity index (χ2n) is 7.30. The van der Waals surface area contributed by atoms with Gasteiger partial charge in [0.1, 0.15) is 18.0 Å². The fourth-order valence-electron chi connectivity index (χ4n) is 3.38. The van der Waals surface area contributed by atoms with Gasteiger partial charge in [0.2, 0.25) is 5.95 Å². The number of para-hydroxylation sites is 2. The molecule has 5 rings (SSSR count). The predicted molar refractivity (Wildman–Crippen MR) is 127 cm³/mol. The van der Waals surface area contributed by atoms with Crippen LogP contribution in [-0.2, 0) is 11.3 Å². The monoisotopic (exact) mass is 439 g/mol. The Hall–Kier alpha value is -4.79. The summed E-state index contributed by atoms with van der Waals surface area (Å²) in [6.07, 6.45) is 8.60. The minimum atomic E-state index is -0.218. The van der Waals surface area contributed by atoms with Gasteiger partial charge in [0, 0.05) is 30.7 Å². The van der Waals surface area contributed by atoms with E-state index in [1.165, 1.54) is 0 Å². The Morgan fingerprint density at radius 2 is 1.79 bits per heavy atom. The van der Waals surface area contributed by atoms with Crippen LogP contribution in [0.5, 0.6) is 0 Å². The van der Waals surface area contributed by atoms with E-state index in [0.29, 0.717) is 29.4 Å². The number of carbonyl (C=O) groups is 1. The zero-order valence-electron chi connectivity index (χ0n) is 17.6. The molecule has 164 valence electrons. The highest BCUT2D eigenvalue weighted by atomic mass is 16.5. The molecule has 0 saturated heterocycles. The molecule has 0 bridgehead atoms. The molecule has 3 heterocycles. The van der Waals surface area contributed by atoms with Crippen LogP contribution in [0.15, 0.2) is 91.8 Å². The molecule has 0 fully saturated rings. The van der Waals surface area contributed by atoms with E-state index in [9.17, 15) is 4.79 Å². The van der Waals surface area contributed by atoms with Gasteiger partial charge in [-0.2, -0.15) is 4.98 Å². The van der Waals surface area contributed by atoms with Crippen molar-refractivity contribution in [3.05, 3.63) is 103 Å². The summed E-state index contributed by atoms with van der Waals surface area (Å²) in [7, 11) is 0. The van der Waals surface area contributed by atoms with Crippen LogP contribution < -0.4 is 21.3 Å². The Morgan fingerprint density at radius 1 is 1.00 bits per heavy atom. The molecule has 9 heteroatoms. The molecule has 4 N–H and O–H groups in total. The second kappa shape index (κ2) is 8.75. The molecule has 0 radical (unpaired) electrons. The summed E-state index contributed by atoms with van der Waals surface area (Å²) in [4.78, 5) is 19.0. The lowest BCUT2D eigenvalue weighted by molar-refractivity contribution is 0.102. The topological polar surface area (TPSA) is 110 Å². The van der Waals surface area contributed by atoms with Crippen LogP contribution in [0.3, 0.4) is 0 Å². The van der Waals surface area contributed by atoms with Crippen molar-refractivity contribution >= 4 is 34.6 Å². The number of ether oxygens (including phenoxy) is 1. The number of hydrogen-bond acceptors (Lipinski definition) is 7.